The SMILES string of the molecule is Nc1[nH]nc2c1c(C(F)(F)F)nn2-c1ccc(Cl)c(Cl)c1. The van der Waals surface area contributed by atoms with Crippen LogP contribution in [-0.4, -0.2) is 20.0 Å². The van der Waals surface area contributed by atoms with Gasteiger partial charge in [0.15, 0.2) is 11.3 Å². The molecule has 0 amide bonds. The predicted octanol–water partition coefficient (Wildman–Crippen LogP) is 3.66. The van der Waals surface area contributed by atoms with E-state index in [0.717, 1.165) is 4.68 Å². The van der Waals surface area contributed by atoms with Gasteiger partial charge in [0, 0.05) is 0 Å². The second-order valence-electron chi connectivity index (χ2n) is 4.19. The van der Waals surface area contributed by atoms with Gasteiger partial charge in [-0.3, -0.25) is 5.10 Å². The topological polar surface area (TPSA) is 72.5 Å². The van der Waals surface area contributed by atoms with Crippen LogP contribution in [0.25, 0.3) is 16.7 Å². The van der Waals surface area contributed by atoms with E-state index in [9.17, 15) is 13.2 Å². The van der Waals surface area contributed by atoms with Gasteiger partial charge in [-0.05, 0) is 18.2 Å². The van der Waals surface area contributed by atoms with Gasteiger partial charge in [-0.15, -0.1) is 0 Å². The van der Waals surface area contributed by atoms with Gasteiger partial charge in [-0.1, -0.05) is 23.2 Å². The molecule has 0 aliphatic heterocycles. The molecule has 3 aromatic rings. The number of nitrogens with zero attached hydrogens (tertiary/aromatic N) is 3. The van der Waals surface area contributed by atoms with Crippen molar-refractivity contribution in [3.63, 3.8) is 0 Å². The van der Waals surface area contributed by atoms with Gasteiger partial charge >= 0.3 is 6.18 Å². The average molecular weight is 336 g/mol. The highest BCUT2D eigenvalue weighted by Crippen LogP contribution is 2.37. The number of nitrogens with one attached hydrogen (secondary N) is 1. The van der Waals surface area contributed by atoms with Crippen molar-refractivity contribution in [3.8, 4) is 5.69 Å². The Bertz CT molecular complexity index is 836. The number of benzene rings is 1. The normalized spacial score (nSPS) is 12.2. The Morgan fingerprint density at radius 1 is 1.19 bits per heavy atom. The van der Waals surface area contributed by atoms with Crippen molar-refractivity contribution in [2.45, 2.75) is 6.18 Å². The van der Waals surface area contributed by atoms with Gasteiger partial charge in [0.1, 0.15) is 5.82 Å². The molecule has 3 rings (SSSR count). The lowest BCUT2D eigenvalue weighted by molar-refractivity contribution is -0.140. The molecule has 0 aliphatic rings. The van der Waals surface area contributed by atoms with Crippen LogP contribution >= 0.6 is 23.2 Å². The van der Waals surface area contributed by atoms with Crippen molar-refractivity contribution >= 4 is 40.1 Å². The number of aromatic amines is 1. The molecule has 0 spiro atoms. The van der Waals surface area contributed by atoms with Gasteiger partial charge in [-0.25, -0.2) is 4.68 Å². The van der Waals surface area contributed by atoms with E-state index in [0.29, 0.717) is 0 Å². The Morgan fingerprint density at radius 2 is 1.90 bits per heavy atom. The Labute approximate surface area is 125 Å². The summed E-state index contributed by atoms with van der Waals surface area (Å²) < 4.78 is 40.1. The molecule has 21 heavy (non-hydrogen) atoms. The first-order valence-corrected chi connectivity index (χ1v) is 6.30. The number of hydrogen-bond donors (Lipinski definition) is 2. The number of hydrogen-bond acceptors (Lipinski definition) is 3. The number of rotatable bonds is 1. The highest BCUT2D eigenvalue weighted by Gasteiger charge is 2.39. The first kappa shape index (κ1) is 14.0. The zero-order valence-electron chi connectivity index (χ0n) is 10.0. The summed E-state index contributed by atoms with van der Waals surface area (Å²) in [5, 5.41) is 9.80. The standard InChI is InChI=1S/C11H6Cl2F3N5/c12-5-2-1-4(3-6(5)13)21-10-7(9(17)18-19-10)8(20-21)11(14,15)16/h1-3H,(H3,17,18,19). The highest BCUT2D eigenvalue weighted by molar-refractivity contribution is 6.42. The molecule has 2 aromatic heterocycles. The minimum atomic E-state index is -4.66. The summed E-state index contributed by atoms with van der Waals surface area (Å²) in [4.78, 5) is 0. The third kappa shape index (κ3) is 2.20. The second kappa shape index (κ2) is 4.54. The molecule has 10 heteroatoms. The van der Waals surface area contributed by atoms with Gasteiger partial charge < -0.3 is 5.73 Å². The molecule has 0 bridgehead atoms. The van der Waals surface area contributed by atoms with Crippen molar-refractivity contribution in [2.75, 3.05) is 5.73 Å². The Kier molecular flexibility index (Phi) is 3.03. The maximum atomic E-state index is 13.0. The van der Waals surface area contributed by atoms with Crippen molar-refractivity contribution in [3.05, 3.63) is 33.9 Å². The molecule has 0 fully saturated rings. The average Bonchev–Trinajstić information content (AvgIpc) is 2.94. The first-order chi connectivity index (χ1) is 9.79. The Balaban J connectivity index is 2.31. The summed E-state index contributed by atoms with van der Waals surface area (Å²) in [6.07, 6.45) is -4.66. The maximum absolute atomic E-state index is 13.0. The van der Waals surface area contributed by atoms with Gasteiger partial charge in [0.2, 0.25) is 0 Å². The third-order valence-electron chi connectivity index (χ3n) is 2.83. The number of nitrogen functional groups attached to an aromatic ring is 1. The molecule has 0 unspecified atom stereocenters. The summed E-state index contributed by atoms with van der Waals surface area (Å²) in [6.45, 7) is 0. The second-order valence-corrected chi connectivity index (χ2v) is 5.01. The fourth-order valence-corrected chi connectivity index (χ4v) is 2.22. The zero-order chi connectivity index (χ0) is 15.4. The molecule has 0 aliphatic carbocycles. The van der Waals surface area contributed by atoms with Gasteiger partial charge in [0.25, 0.3) is 0 Å². The van der Waals surface area contributed by atoms with Crippen LogP contribution in [-0.2, 0) is 6.18 Å². The quantitative estimate of drug-likeness (QED) is 0.712. The van der Waals surface area contributed by atoms with E-state index in [4.69, 9.17) is 28.9 Å². The molecule has 0 atom stereocenters. The molecular formula is C11H6Cl2F3N5. The number of halogens is 5. The zero-order valence-corrected chi connectivity index (χ0v) is 11.6. The number of H-pyrrole nitrogens is 1. The minimum absolute atomic E-state index is 0.0433. The summed E-state index contributed by atoms with van der Waals surface area (Å²) in [6, 6.07) is 4.32. The molecule has 1 aromatic carbocycles. The van der Waals surface area contributed by atoms with E-state index >= 15 is 0 Å². The summed E-state index contributed by atoms with van der Waals surface area (Å²) >= 11 is 11.7. The first-order valence-electron chi connectivity index (χ1n) is 5.54. The highest BCUT2D eigenvalue weighted by atomic mass is 35.5. The van der Waals surface area contributed by atoms with E-state index in [1.54, 1.807) is 0 Å². The number of nitrogens with two attached hydrogens (primary N) is 1. The lowest BCUT2D eigenvalue weighted by atomic mass is 10.3. The van der Waals surface area contributed by atoms with Crippen molar-refractivity contribution in [2.24, 2.45) is 0 Å². The van der Waals surface area contributed by atoms with E-state index in [1.807, 2.05) is 0 Å². The molecule has 0 radical (unpaired) electrons. The van der Waals surface area contributed by atoms with E-state index in [1.165, 1.54) is 18.2 Å². The molecule has 5 nitrogen and oxygen atoms in total. The molecular weight excluding hydrogens is 330 g/mol. The van der Waals surface area contributed by atoms with Crippen LogP contribution in [0.15, 0.2) is 18.2 Å². The molecule has 110 valence electrons. The number of anilines is 1. The number of fused-ring (bicyclic) bond motifs is 1. The van der Waals surface area contributed by atoms with E-state index < -0.39 is 11.9 Å². The molecule has 2 heterocycles. The van der Waals surface area contributed by atoms with Crippen LogP contribution < -0.4 is 5.73 Å². The number of aromatic nitrogens is 4. The lowest BCUT2D eigenvalue weighted by Crippen LogP contribution is -2.08. The van der Waals surface area contributed by atoms with Crippen molar-refractivity contribution in [1.29, 1.82) is 0 Å². The Hall–Kier alpha value is -1.93. The van der Waals surface area contributed by atoms with Crippen LogP contribution in [0.3, 0.4) is 0 Å². The van der Waals surface area contributed by atoms with Crippen LogP contribution in [0, 0.1) is 0 Å². The smallest absolute Gasteiger partial charge is 0.383 e. The maximum Gasteiger partial charge on any atom is 0.436 e. The molecule has 0 saturated carbocycles. The summed E-state index contributed by atoms with van der Waals surface area (Å²) in [7, 11) is 0. The van der Waals surface area contributed by atoms with Crippen LogP contribution in [0.4, 0.5) is 19.0 Å². The van der Waals surface area contributed by atoms with Crippen LogP contribution in [0.5, 0.6) is 0 Å². The van der Waals surface area contributed by atoms with Crippen LogP contribution in [0.2, 0.25) is 10.0 Å². The fraction of sp³-hybridized carbons (Fsp3) is 0.0909. The fourth-order valence-electron chi connectivity index (χ4n) is 1.92. The summed E-state index contributed by atoms with van der Waals surface area (Å²) in [5.74, 6) is -0.205. The summed E-state index contributed by atoms with van der Waals surface area (Å²) in [5.41, 5.74) is 4.63. The van der Waals surface area contributed by atoms with E-state index in [2.05, 4.69) is 15.3 Å². The third-order valence-corrected chi connectivity index (χ3v) is 3.57. The molecule has 0 saturated heterocycles. The van der Waals surface area contributed by atoms with Crippen molar-refractivity contribution < 1.29 is 13.2 Å². The van der Waals surface area contributed by atoms with Crippen LogP contribution in [0.1, 0.15) is 5.69 Å². The van der Waals surface area contributed by atoms with Gasteiger partial charge in [0.05, 0.1) is 21.1 Å². The monoisotopic (exact) mass is 335 g/mol. The lowest BCUT2D eigenvalue weighted by Gasteiger charge is -2.04. The van der Waals surface area contributed by atoms with Gasteiger partial charge in [-0.2, -0.15) is 23.4 Å². The minimum Gasteiger partial charge on any atom is -0.383 e. The predicted molar refractivity (Wildman–Crippen MR) is 72.7 cm³/mol. The number of alkyl halides is 3. The van der Waals surface area contributed by atoms with Crippen molar-refractivity contribution in [1.82, 2.24) is 20.0 Å². The van der Waals surface area contributed by atoms with E-state index in [-0.39, 0.29) is 32.6 Å². The largest absolute Gasteiger partial charge is 0.436 e. The molecule has 3 N–H and O–H groups in total. The Morgan fingerprint density at radius 3 is 2.52 bits per heavy atom.